The van der Waals surface area contributed by atoms with Gasteiger partial charge in [0.2, 0.25) is 5.88 Å². The maximum atomic E-state index is 15.1. The number of halogens is 3. The molecule has 36 heavy (non-hydrogen) atoms. The molecule has 1 aliphatic heterocycles. The topological polar surface area (TPSA) is 90.6 Å². The number of ether oxygens (including phenoxy) is 2. The minimum atomic E-state index is -1.20. The second-order valence-corrected chi connectivity index (χ2v) is 11.3. The first-order valence-electron chi connectivity index (χ1n) is 12.2. The van der Waals surface area contributed by atoms with Crippen LogP contribution in [0.1, 0.15) is 57.1 Å². The van der Waals surface area contributed by atoms with Gasteiger partial charge < -0.3 is 15.2 Å². The van der Waals surface area contributed by atoms with Gasteiger partial charge in [0.1, 0.15) is 24.2 Å². The van der Waals surface area contributed by atoms with Crippen molar-refractivity contribution in [3.05, 3.63) is 52.4 Å². The van der Waals surface area contributed by atoms with Gasteiger partial charge in [-0.25, -0.2) is 13.6 Å². The number of aryl methyl sites for hydroxylation is 1. The molecule has 4 rings (SSSR count). The number of alkyl halides is 1. The maximum Gasteiger partial charge on any atom is 0.404 e. The Labute approximate surface area is 215 Å². The van der Waals surface area contributed by atoms with E-state index in [1.165, 1.54) is 12.1 Å². The molecule has 1 saturated carbocycles. The summed E-state index contributed by atoms with van der Waals surface area (Å²) in [6, 6.07) is 7.61. The Morgan fingerprint density at radius 1 is 1.14 bits per heavy atom. The predicted octanol–water partition coefficient (Wildman–Crippen LogP) is 5.19. The number of piperidine rings is 1. The van der Waals surface area contributed by atoms with Gasteiger partial charge in [-0.2, -0.15) is 0 Å². The molecule has 1 aromatic heterocycles. The highest BCUT2D eigenvalue weighted by Crippen LogP contribution is 2.44. The van der Waals surface area contributed by atoms with E-state index in [4.69, 9.17) is 26.8 Å². The van der Waals surface area contributed by atoms with Gasteiger partial charge >= 0.3 is 6.09 Å². The van der Waals surface area contributed by atoms with Crippen LogP contribution >= 0.6 is 11.6 Å². The zero-order valence-corrected chi connectivity index (χ0v) is 21.7. The molecule has 2 aromatic rings. The van der Waals surface area contributed by atoms with Crippen molar-refractivity contribution in [1.29, 1.82) is 0 Å². The third kappa shape index (κ3) is 5.89. The molecule has 0 spiro atoms. The highest BCUT2D eigenvalue weighted by molar-refractivity contribution is 6.29. The number of carbonyl (C=O) groups is 1. The number of nitrogens with two attached hydrogens (primary N) is 1. The van der Waals surface area contributed by atoms with Gasteiger partial charge in [-0.3, -0.25) is 4.90 Å². The summed E-state index contributed by atoms with van der Waals surface area (Å²) in [6.45, 7) is 8.13. The van der Waals surface area contributed by atoms with Crippen molar-refractivity contribution in [2.75, 3.05) is 6.54 Å². The Morgan fingerprint density at radius 2 is 1.83 bits per heavy atom. The van der Waals surface area contributed by atoms with Crippen molar-refractivity contribution in [2.45, 2.75) is 83.3 Å². The smallest absolute Gasteiger partial charge is 0.404 e. The Balaban J connectivity index is 1.71. The fraction of sp³-hybridized carbons (Fsp3) is 0.577. The molecule has 196 valence electrons. The van der Waals surface area contributed by atoms with E-state index < -0.39 is 18.4 Å². The highest BCUT2D eigenvalue weighted by atomic mass is 35.5. The van der Waals surface area contributed by atoms with Gasteiger partial charge in [0, 0.05) is 24.6 Å². The normalized spacial score (nSPS) is 29.2. The van der Waals surface area contributed by atoms with E-state index in [-0.39, 0.29) is 53.5 Å². The molecular formula is C26H33ClF2N4O3. The zero-order chi connectivity index (χ0) is 26.2. The largest absolute Gasteiger partial charge is 0.471 e. The van der Waals surface area contributed by atoms with Crippen molar-refractivity contribution >= 4 is 17.7 Å². The third-order valence-electron chi connectivity index (χ3n) is 7.17. The summed E-state index contributed by atoms with van der Waals surface area (Å²) in [7, 11) is 0. The standard InChI is InChI=1S/C26H33ClF2N4O3/c1-14-9-22(27)31-32-24(14)35-20-11-16(15-5-7-17(28)8-6-15)10-19(20)33-13-18(29)12-21(36-25(30)34)23(33)26(2,3)4/h5-9,16,18-21,23H,10-13H2,1-4H3,(H2,30,34)/t16?,18-,19?,20?,21-,23?/m1/s1. The van der Waals surface area contributed by atoms with E-state index in [2.05, 4.69) is 15.1 Å². The van der Waals surface area contributed by atoms with Gasteiger partial charge in [-0.05, 0) is 54.9 Å². The molecule has 1 amide bonds. The minimum Gasteiger partial charge on any atom is -0.471 e. The molecule has 2 aliphatic rings. The number of carbonyl (C=O) groups excluding carboxylic acids is 1. The fourth-order valence-electron chi connectivity index (χ4n) is 5.83. The molecule has 2 heterocycles. The summed E-state index contributed by atoms with van der Waals surface area (Å²) >= 11 is 5.98. The Hall–Kier alpha value is -2.52. The Kier molecular flexibility index (Phi) is 7.71. The van der Waals surface area contributed by atoms with Gasteiger partial charge in [0.15, 0.2) is 5.15 Å². The molecule has 7 nitrogen and oxygen atoms in total. The summed E-state index contributed by atoms with van der Waals surface area (Å²) in [6.07, 6.45) is -1.82. The van der Waals surface area contributed by atoms with Crippen LogP contribution in [0, 0.1) is 18.2 Å². The number of rotatable bonds is 5. The molecule has 6 atom stereocenters. The average Bonchev–Trinajstić information content (AvgIpc) is 3.18. The molecule has 4 unspecified atom stereocenters. The van der Waals surface area contributed by atoms with Crippen LogP contribution < -0.4 is 10.5 Å². The van der Waals surface area contributed by atoms with Gasteiger partial charge in [-0.1, -0.05) is 44.5 Å². The fourth-order valence-corrected chi connectivity index (χ4v) is 6.03. The number of primary amides is 1. The summed E-state index contributed by atoms with van der Waals surface area (Å²) in [5.74, 6) is 0.112. The molecule has 1 saturated heterocycles. The van der Waals surface area contributed by atoms with Crippen LogP contribution in [0.15, 0.2) is 30.3 Å². The molecule has 10 heteroatoms. The number of aromatic nitrogens is 2. The Morgan fingerprint density at radius 3 is 2.44 bits per heavy atom. The molecule has 0 radical (unpaired) electrons. The van der Waals surface area contributed by atoms with Gasteiger partial charge in [-0.15, -0.1) is 10.2 Å². The van der Waals surface area contributed by atoms with E-state index >= 15 is 4.39 Å². The van der Waals surface area contributed by atoms with E-state index in [0.29, 0.717) is 18.7 Å². The molecule has 1 aromatic carbocycles. The van der Waals surface area contributed by atoms with Crippen LogP contribution in [0.5, 0.6) is 5.88 Å². The SMILES string of the molecule is Cc1cc(Cl)nnc1OC1CC(c2ccc(F)cc2)CC1N1C[C@H](F)C[C@@H](OC(N)=O)C1C(C)(C)C. The number of hydrogen-bond acceptors (Lipinski definition) is 6. The van der Waals surface area contributed by atoms with Crippen LogP contribution in [0.2, 0.25) is 5.15 Å². The van der Waals surface area contributed by atoms with Crippen molar-refractivity contribution in [3.63, 3.8) is 0 Å². The maximum absolute atomic E-state index is 15.1. The lowest BCUT2D eigenvalue weighted by molar-refractivity contribution is -0.0986. The van der Waals surface area contributed by atoms with Crippen LogP contribution in [-0.4, -0.2) is 58.2 Å². The molecule has 1 aliphatic carbocycles. The monoisotopic (exact) mass is 522 g/mol. The molecule has 2 fully saturated rings. The second kappa shape index (κ2) is 10.5. The van der Waals surface area contributed by atoms with Crippen molar-refractivity contribution in [3.8, 4) is 5.88 Å². The molecule has 0 bridgehead atoms. The van der Waals surface area contributed by atoms with Crippen molar-refractivity contribution in [2.24, 2.45) is 11.1 Å². The lowest BCUT2D eigenvalue weighted by Crippen LogP contribution is -2.63. The number of hydrogen-bond donors (Lipinski definition) is 1. The summed E-state index contributed by atoms with van der Waals surface area (Å²) < 4.78 is 40.5. The van der Waals surface area contributed by atoms with Crippen molar-refractivity contribution in [1.82, 2.24) is 15.1 Å². The Bertz CT molecular complexity index is 1080. The van der Waals surface area contributed by atoms with Crippen LogP contribution in [0.4, 0.5) is 13.6 Å². The molecule has 2 N–H and O–H groups in total. The lowest BCUT2D eigenvalue weighted by atomic mass is 9.77. The van der Waals surface area contributed by atoms with Gasteiger partial charge in [0.05, 0.1) is 6.04 Å². The van der Waals surface area contributed by atoms with Crippen LogP contribution in [0.3, 0.4) is 0 Å². The third-order valence-corrected chi connectivity index (χ3v) is 7.36. The van der Waals surface area contributed by atoms with E-state index in [0.717, 1.165) is 11.1 Å². The number of nitrogens with zero attached hydrogens (tertiary/aromatic N) is 3. The first-order chi connectivity index (χ1) is 16.9. The quantitative estimate of drug-likeness (QED) is 0.581. The summed E-state index contributed by atoms with van der Waals surface area (Å²) in [5.41, 5.74) is 6.73. The van der Waals surface area contributed by atoms with Crippen molar-refractivity contribution < 1.29 is 23.0 Å². The highest BCUT2D eigenvalue weighted by Gasteiger charge is 2.51. The summed E-state index contributed by atoms with van der Waals surface area (Å²) in [4.78, 5) is 13.8. The molecular weight excluding hydrogens is 490 g/mol. The van der Waals surface area contributed by atoms with Crippen LogP contribution in [-0.2, 0) is 4.74 Å². The van der Waals surface area contributed by atoms with Gasteiger partial charge in [0.25, 0.3) is 0 Å². The second-order valence-electron chi connectivity index (χ2n) is 10.9. The first kappa shape index (κ1) is 26.5. The van der Waals surface area contributed by atoms with E-state index in [9.17, 15) is 9.18 Å². The minimum absolute atomic E-state index is 0.0530. The van der Waals surface area contributed by atoms with E-state index in [1.807, 2.05) is 27.7 Å². The van der Waals surface area contributed by atoms with E-state index in [1.54, 1.807) is 18.2 Å². The first-order valence-corrected chi connectivity index (χ1v) is 12.6. The lowest BCUT2D eigenvalue weighted by Gasteiger charge is -2.51. The summed E-state index contributed by atoms with van der Waals surface area (Å²) in [5, 5.41) is 8.32. The predicted molar refractivity (Wildman–Crippen MR) is 132 cm³/mol. The number of likely N-dealkylation sites (tertiary alicyclic amines) is 1. The average molecular weight is 523 g/mol. The van der Waals surface area contributed by atoms with Crippen LogP contribution in [0.25, 0.3) is 0 Å². The number of benzene rings is 1. The number of amides is 1. The zero-order valence-electron chi connectivity index (χ0n) is 21.0.